The van der Waals surface area contributed by atoms with E-state index < -0.39 is 18.6 Å². The predicted molar refractivity (Wildman–Crippen MR) is 64.6 cm³/mol. The fourth-order valence-electron chi connectivity index (χ4n) is 2.09. The predicted octanol–water partition coefficient (Wildman–Crippen LogP) is 2.03. The molecule has 1 rings (SSSR count). The van der Waals surface area contributed by atoms with Gasteiger partial charge in [-0.3, -0.25) is 4.90 Å². The zero-order valence-electron chi connectivity index (χ0n) is 11.3. The third-order valence-electron chi connectivity index (χ3n) is 3.13. The molecular formula is C12H23F3N2O. The van der Waals surface area contributed by atoms with Gasteiger partial charge in [0, 0.05) is 31.7 Å². The molecule has 1 heterocycles. The van der Waals surface area contributed by atoms with Crippen molar-refractivity contribution in [3.05, 3.63) is 0 Å². The Hall–Kier alpha value is -0.330. The SMILES string of the molecule is CC(CC(F)(F)F)NCC1CN(C(C)C)CCO1. The maximum atomic E-state index is 12.2. The van der Waals surface area contributed by atoms with Crippen LogP contribution >= 0.6 is 0 Å². The first kappa shape index (κ1) is 15.7. The van der Waals surface area contributed by atoms with Gasteiger partial charge in [-0.1, -0.05) is 0 Å². The molecule has 0 amide bonds. The van der Waals surface area contributed by atoms with Gasteiger partial charge in [-0.15, -0.1) is 0 Å². The molecule has 3 nitrogen and oxygen atoms in total. The number of alkyl halides is 3. The molecule has 0 aromatic heterocycles. The molecule has 18 heavy (non-hydrogen) atoms. The van der Waals surface area contributed by atoms with Gasteiger partial charge in [-0.25, -0.2) is 0 Å². The highest BCUT2D eigenvalue weighted by molar-refractivity contribution is 4.77. The molecule has 1 aliphatic rings. The van der Waals surface area contributed by atoms with Crippen LogP contribution in [0.15, 0.2) is 0 Å². The minimum Gasteiger partial charge on any atom is -0.374 e. The van der Waals surface area contributed by atoms with Crippen molar-refractivity contribution in [2.75, 3.05) is 26.2 Å². The summed E-state index contributed by atoms with van der Waals surface area (Å²) in [5.74, 6) is 0. The molecule has 1 N–H and O–H groups in total. The van der Waals surface area contributed by atoms with E-state index in [1.165, 1.54) is 0 Å². The normalized spacial score (nSPS) is 24.5. The maximum absolute atomic E-state index is 12.2. The van der Waals surface area contributed by atoms with Crippen LogP contribution in [-0.4, -0.2) is 55.5 Å². The van der Waals surface area contributed by atoms with E-state index >= 15 is 0 Å². The van der Waals surface area contributed by atoms with Crippen molar-refractivity contribution in [2.45, 2.75) is 51.6 Å². The molecule has 0 aliphatic carbocycles. The first-order valence-electron chi connectivity index (χ1n) is 6.43. The Morgan fingerprint density at radius 2 is 2.00 bits per heavy atom. The Morgan fingerprint density at radius 1 is 1.33 bits per heavy atom. The third kappa shape index (κ3) is 6.02. The van der Waals surface area contributed by atoms with Crippen LogP contribution in [0.3, 0.4) is 0 Å². The highest BCUT2D eigenvalue weighted by Gasteiger charge is 2.30. The van der Waals surface area contributed by atoms with E-state index in [-0.39, 0.29) is 6.10 Å². The average Bonchev–Trinajstić information content (AvgIpc) is 2.24. The molecule has 2 atom stereocenters. The van der Waals surface area contributed by atoms with Crippen LogP contribution in [0, 0.1) is 0 Å². The first-order chi connectivity index (χ1) is 8.28. The second-order valence-electron chi connectivity index (χ2n) is 5.21. The number of rotatable bonds is 5. The van der Waals surface area contributed by atoms with E-state index in [1.54, 1.807) is 6.92 Å². The van der Waals surface area contributed by atoms with Crippen LogP contribution in [0.1, 0.15) is 27.2 Å². The highest BCUT2D eigenvalue weighted by Crippen LogP contribution is 2.21. The Morgan fingerprint density at radius 3 is 2.56 bits per heavy atom. The lowest BCUT2D eigenvalue weighted by molar-refractivity contribution is -0.139. The number of ether oxygens (including phenoxy) is 1. The minimum absolute atomic E-state index is 0.0168. The minimum atomic E-state index is -4.11. The molecule has 0 spiro atoms. The van der Waals surface area contributed by atoms with Gasteiger partial charge in [-0.05, 0) is 20.8 Å². The molecule has 108 valence electrons. The largest absolute Gasteiger partial charge is 0.390 e. The van der Waals surface area contributed by atoms with Crippen LogP contribution in [0.25, 0.3) is 0 Å². The standard InChI is InChI=1S/C12H23F3N2O/c1-9(2)17-4-5-18-11(8-17)7-16-10(3)6-12(13,14)15/h9-11,16H,4-8H2,1-3H3. The van der Waals surface area contributed by atoms with Gasteiger partial charge in [0.2, 0.25) is 0 Å². The van der Waals surface area contributed by atoms with E-state index in [4.69, 9.17) is 4.74 Å². The lowest BCUT2D eigenvalue weighted by Crippen LogP contribution is -2.50. The first-order valence-corrected chi connectivity index (χ1v) is 6.43. The van der Waals surface area contributed by atoms with Crippen molar-refractivity contribution in [1.29, 1.82) is 0 Å². The monoisotopic (exact) mass is 268 g/mol. The van der Waals surface area contributed by atoms with Gasteiger partial charge >= 0.3 is 6.18 Å². The second kappa shape index (κ2) is 6.73. The summed E-state index contributed by atoms with van der Waals surface area (Å²) < 4.78 is 42.0. The quantitative estimate of drug-likeness (QED) is 0.825. The summed E-state index contributed by atoms with van der Waals surface area (Å²) in [6, 6.07) is -0.118. The molecule has 0 bridgehead atoms. The van der Waals surface area contributed by atoms with E-state index in [9.17, 15) is 13.2 Å². The van der Waals surface area contributed by atoms with E-state index in [0.29, 0.717) is 19.2 Å². The van der Waals surface area contributed by atoms with Gasteiger partial charge in [0.1, 0.15) is 0 Å². The zero-order valence-corrected chi connectivity index (χ0v) is 11.3. The van der Waals surface area contributed by atoms with Crippen molar-refractivity contribution in [1.82, 2.24) is 10.2 Å². The molecule has 0 aromatic rings. The molecule has 0 radical (unpaired) electrons. The van der Waals surface area contributed by atoms with Crippen molar-refractivity contribution in [2.24, 2.45) is 0 Å². The van der Waals surface area contributed by atoms with E-state index in [0.717, 1.165) is 13.1 Å². The Kier molecular flexibility index (Phi) is 5.88. The second-order valence-corrected chi connectivity index (χ2v) is 5.21. The number of nitrogens with zero attached hydrogens (tertiary/aromatic N) is 1. The lowest BCUT2D eigenvalue weighted by atomic mass is 10.2. The van der Waals surface area contributed by atoms with Crippen molar-refractivity contribution in [3.63, 3.8) is 0 Å². The maximum Gasteiger partial charge on any atom is 0.390 e. The van der Waals surface area contributed by atoms with Crippen LogP contribution in [0.2, 0.25) is 0 Å². The van der Waals surface area contributed by atoms with Crippen LogP contribution in [0.5, 0.6) is 0 Å². The summed E-state index contributed by atoms with van der Waals surface area (Å²) in [6.45, 7) is 8.58. The summed E-state index contributed by atoms with van der Waals surface area (Å²) in [5, 5.41) is 2.90. The number of hydrogen-bond donors (Lipinski definition) is 1. The van der Waals surface area contributed by atoms with Gasteiger partial charge < -0.3 is 10.1 Å². The van der Waals surface area contributed by atoms with Gasteiger partial charge in [0.25, 0.3) is 0 Å². The summed E-state index contributed by atoms with van der Waals surface area (Å²) in [7, 11) is 0. The Labute approximate surface area is 107 Å². The van der Waals surface area contributed by atoms with Crippen molar-refractivity contribution >= 4 is 0 Å². The number of halogens is 3. The average molecular weight is 268 g/mol. The molecule has 0 saturated carbocycles. The third-order valence-corrected chi connectivity index (χ3v) is 3.13. The highest BCUT2D eigenvalue weighted by atomic mass is 19.4. The fourth-order valence-corrected chi connectivity index (χ4v) is 2.09. The summed E-state index contributed by atoms with van der Waals surface area (Å²) in [5.41, 5.74) is 0. The molecule has 1 aliphatic heterocycles. The fraction of sp³-hybridized carbons (Fsp3) is 1.00. The smallest absolute Gasteiger partial charge is 0.374 e. The Bertz CT molecular complexity index is 246. The summed E-state index contributed by atoms with van der Waals surface area (Å²) >= 11 is 0. The van der Waals surface area contributed by atoms with Gasteiger partial charge in [-0.2, -0.15) is 13.2 Å². The summed E-state index contributed by atoms with van der Waals surface area (Å²) in [6.07, 6.45) is -4.92. The summed E-state index contributed by atoms with van der Waals surface area (Å²) in [4.78, 5) is 2.28. The lowest BCUT2D eigenvalue weighted by Gasteiger charge is -2.36. The van der Waals surface area contributed by atoms with Crippen molar-refractivity contribution < 1.29 is 17.9 Å². The van der Waals surface area contributed by atoms with Crippen LogP contribution < -0.4 is 5.32 Å². The van der Waals surface area contributed by atoms with Gasteiger partial charge in [0.15, 0.2) is 0 Å². The molecule has 6 heteroatoms. The molecule has 0 aromatic carbocycles. The molecule has 2 unspecified atom stereocenters. The number of nitrogens with one attached hydrogen (secondary N) is 1. The van der Waals surface area contributed by atoms with E-state index in [1.807, 2.05) is 0 Å². The number of hydrogen-bond acceptors (Lipinski definition) is 3. The van der Waals surface area contributed by atoms with Gasteiger partial charge in [0.05, 0.1) is 19.1 Å². The molecule has 1 fully saturated rings. The number of morpholine rings is 1. The van der Waals surface area contributed by atoms with Crippen LogP contribution in [0.4, 0.5) is 13.2 Å². The Balaban J connectivity index is 2.26. The van der Waals surface area contributed by atoms with Crippen molar-refractivity contribution in [3.8, 4) is 0 Å². The zero-order chi connectivity index (χ0) is 13.8. The van der Waals surface area contributed by atoms with Crippen LogP contribution in [-0.2, 0) is 4.74 Å². The topological polar surface area (TPSA) is 24.5 Å². The molecule has 1 saturated heterocycles. The van der Waals surface area contributed by atoms with E-state index in [2.05, 4.69) is 24.1 Å². The molecular weight excluding hydrogens is 245 g/mol.